The molecule has 0 saturated heterocycles. The number of anilines is 1. The average molecular weight is 444 g/mol. The average Bonchev–Trinajstić information content (AvgIpc) is 3.54. The van der Waals surface area contributed by atoms with Gasteiger partial charge in [-0.3, -0.25) is 20.4 Å². The van der Waals surface area contributed by atoms with Crippen molar-refractivity contribution in [3.63, 3.8) is 0 Å². The molecule has 0 aliphatic heterocycles. The van der Waals surface area contributed by atoms with Crippen molar-refractivity contribution in [1.29, 1.82) is 0 Å². The standard InChI is InChI=1S/C23H29N3O4S/c1-16(2)15-17-3-5-18(6-4-17)22(27)13-14-23(28)25-24-19-9-11-21(12-10-19)31(29,30)26-20-7-8-20/h3-6,9-12,16,20,24,26H,7-8,13-15H2,1-2H3,(H,25,28). The molecule has 1 saturated carbocycles. The number of hydrogen-bond acceptors (Lipinski definition) is 5. The molecule has 0 bridgehead atoms. The highest BCUT2D eigenvalue weighted by Gasteiger charge is 2.27. The van der Waals surface area contributed by atoms with Crippen molar-refractivity contribution in [2.24, 2.45) is 5.92 Å². The van der Waals surface area contributed by atoms with E-state index in [1.165, 1.54) is 17.7 Å². The number of hydrogen-bond donors (Lipinski definition) is 3. The maximum absolute atomic E-state index is 12.3. The first-order chi connectivity index (χ1) is 14.7. The largest absolute Gasteiger partial charge is 0.299 e. The minimum atomic E-state index is -3.50. The third-order valence-electron chi connectivity index (χ3n) is 4.91. The summed E-state index contributed by atoms with van der Waals surface area (Å²) in [5, 5.41) is 0. The molecule has 0 aromatic heterocycles. The van der Waals surface area contributed by atoms with E-state index in [4.69, 9.17) is 0 Å². The van der Waals surface area contributed by atoms with E-state index >= 15 is 0 Å². The van der Waals surface area contributed by atoms with Crippen LogP contribution in [0.4, 0.5) is 5.69 Å². The van der Waals surface area contributed by atoms with E-state index in [-0.39, 0.29) is 35.5 Å². The van der Waals surface area contributed by atoms with Crippen LogP contribution in [0.15, 0.2) is 53.4 Å². The molecule has 2 aromatic carbocycles. The summed E-state index contributed by atoms with van der Waals surface area (Å²) in [7, 11) is -3.50. The first-order valence-electron chi connectivity index (χ1n) is 10.5. The van der Waals surface area contributed by atoms with Crippen molar-refractivity contribution in [2.75, 3.05) is 5.43 Å². The molecule has 0 spiro atoms. The van der Waals surface area contributed by atoms with Crippen LogP contribution in [0.3, 0.4) is 0 Å². The summed E-state index contributed by atoms with van der Waals surface area (Å²) in [6.07, 6.45) is 2.87. The lowest BCUT2D eigenvalue weighted by molar-refractivity contribution is -0.120. The third kappa shape index (κ3) is 7.18. The van der Waals surface area contributed by atoms with Crippen LogP contribution in [0.1, 0.15) is 55.5 Å². The Morgan fingerprint density at radius 3 is 2.19 bits per heavy atom. The van der Waals surface area contributed by atoms with Gasteiger partial charge in [0.2, 0.25) is 15.9 Å². The number of Topliss-reactive ketones (excluding diaryl/α,β-unsaturated/α-hetero) is 1. The Labute approximate surface area is 183 Å². The second-order valence-corrected chi connectivity index (χ2v) is 10.0. The highest BCUT2D eigenvalue weighted by Crippen LogP contribution is 2.22. The molecule has 7 nitrogen and oxygen atoms in total. The molecule has 1 aliphatic carbocycles. The second-order valence-electron chi connectivity index (χ2n) is 8.31. The van der Waals surface area contributed by atoms with Crippen molar-refractivity contribution < 1.29 is 18.0 Å². The van der Waals surface area contributed by atoms with Crippen LogP contribution in [-0.4, -0.2) is 26.2 Å². The van der Waals surface area contributed by atoms with Crippen molar-refractivity contribution in [3.8, 4) is 0 Å². The minimum Gasteiger partial charge on any atom is -0.299 e. The van der Waals surface area contributed by atoms with Crippen LogP contribution in [0.5, 0.6) is 0 Å². The number of ketones is 1. The fraction of sp³-hybridized carbons (Fsp3) is 0.391. The Kier molecular flexibility index (Phi) is 7.46. The number of amides is 1. The summed E-state index contributed by atoms with van der Waals surface area (Å²) in [4.78, 5) is 24.5. The van der Waals surface area contributed by atoms with Gasteiger partial charge in [0.05, 0.1) is 10.6 Å². The van der Waals surface area contributed by atoms with E-state index < -0.39 is 10.0 Å². The van der Waals surface area contributed by atoms with Crippen LogP contribution in [-0.2, 0) is 21.2 Å². The SMILES string of the molecule is CC(C)Cc1ccc(C(=O)CCC(=O)NNc2ccc(S(=O)(=O)NC3CC3)cc2)cc1. The van der Waals surface area contributed by atoms with E-state index in [0.717, 1.165) is 19.3 Å². The van der Waals surface area contributed by atoms with Crippen molar-refractivity contribution >= 4 is 27.4 Å². The molecule has 0 heterocycles. The Bertz CT molecular complexity index is 1010. The summed E-state index contributed by atoms with van der Waals surface area (Å²) in [5.41, 5.74) is 7.61. The zero-order valence-electron chi connectivity index (χ0n) is 17.9. The quantitative estimate of drug-likeness (QED) is 0.365. The number of nitrogens with one attached hydrogen (secondary N) is 3. The fourth-order valence-corrected chi connectivity index (χ4v) is 4.38. The number of carbonyl (C=O) groups is 2. The zero-order valence-corrected chi connectivity index (χ0v) is 18.7. The lowest BCUT2D eigenvalue weighted by atomic mass is 9.99. The maximum Gasteiger partial charge on any atom is 0.240 e. The predicted molar refractivity (Wildman–Crippen MR) is 120 cm³/mol. The van der Waals surface area contributed by atoms with Crippen LogP contribution in [0.2, 0.25) is 0 Å². The first-order valence-corrected chi connectivity index (χ1v) is 12.0. The van der Waals surface area contributed by atoms with Gasteiger partial charge in [0, 0.05) is 24.4 Å². The Balaban J connectivity index is 1.43. The van der Waals surface area contributed by atoms with Crippen LogP contribution < -0.4 is 15.6 Å². The maximum atomic E-state index is 12.3. The van der Waals surface area contributed by atoms with Gasteiger partial charge in [0.1, 0.15) is 0 Å². The van der Waals surface area contributed by atoms with Gasteiger partial charge >= 0.3 is 0 Å². The number of hydrazine groups is 1. The van der Waals surface area contributed by atoms with Gasteiger partial charge < -0.3 is 0 Å². The molecule has 1 amide bonds. The van der Waals surface area contributed by atoms with Gasteiger partial charge in [-0.2, -0.15) is 0 Å². The highest BCUT2D eigenvalue weighted by atomic mass is 32.2. The third-order valence-corrected chi connectivity index (χ3v) is 6.45. The monoisotopic (exact) mass is 443 g/mol. The fourth-order valence-electron chi connectivity index (χ4n) is 3.08. The Morgan fingerprint density at radius 2 is 1.61 bits per heavy atom. The molecule has 1 fully saturated rings. The smallest absolute Gasteiger partial charge is 0.240 e. The van der Waals surface area contributed by atoms with Crippen LogP contribution >= 0.6 is 0 Å². The lowest BCUT2D eigenvalue weighted by Gasteiger charge is -2.10. The first kappa shape index (κ1) is 23.0. The van der Waals surface area contributed by atoms with Gasteiger partial charge in [0.15, 0.2) is 5.78 Å². The number of sulfonamides is 1. The summed E-state index contributed by atoms with van der Waals surface area (Å²) >= 11 is 0. The molecule has 166 valence electrons. The van der Waals surface area contributed by atoms with Gasteiger partial charge in [0.25, 0.3) is 0 Å². The molecule has 0 radical (unpaired) electrons. The van der Waals surface area contributed by atoms with E-state index in [1.807, 2.05) is 24.3 Å². The molecule has 3 rings (SSSR count). The molecule has 31 heavy (non-hydrogen) atoms. The van der Waals surface area contributed by atoms with Crippen LogP contribution in [0, 0.1) is 5.92 Å². The summed E-state index contributed by atoms with van der Waals surface area (Å²) in [6, 6.07) is 13.7. The number of carbonyl (C=O) groups excluding carboxylic acids is 2. The van der Waals surface area contributed by atoms with Crippen molar-refractivity contribution in [3.05, 3.63) is 59.7 Å². The molecular weight excluding hydrogens is 414 g/mol. The van der Waals surface area contributed by atoms with Crippen molar-refractivity contribution in [1.82, 2.24) is 10.1 Å². The second kappa shape index (κ2) is 10.1. The predicted octanol–water partition coefficient (Wildman–Crippen LogP) is 3.43. The number of benzene rings is 2. The van der Waals surface area contributed by atoms with Crippen LogP contribution in [0.25, 0.3) is 0 Å². The summed E-state index contributed by atoms with van der Waals surface area (Å²) in [5.74, 6) is 0.151. The van der Waals surface area contributed by atoms with Gasteiger partial charge in [-0.1, -0.05) is 38.1 Å². The zero-order chi connectivity index (χ0) is 22.4. The summed E-state index contributed by atoms with van der Waals surface area (Å²) < 4.78 is 26.9. The molecule has 2 aromatic rings. The molecule has 8 heteroatoms. The Morgan fingerprint density at radius 1 is 0.968 bits per heavy atom. The molecule has 0 atom stereocenters. The normalized spacial score (nSPS) is 13.8. The molecule has 3 N–H and O–H groups in total. The summed E-state index contributed by atoms with van der Waals surface area (Å²) in [6.45, 7) is 4.29. The molecule has 0 unspecified atom stereocenters. The minimum absolute atomic E-state index is 0.0442. The van der Waals surface area contributed by atoms with Gasteiger partial charge in [-0.25, -0.2) is 13.1 Å². The topological polar surface area (TPSA) is 104 Å². The van der Waals surface area contributed by atoms with E-state index in [2.05, 4.69) is 29.4 Å². The lowest BCUT2D eigenvalue weighted by Crippen LogP contribution is -2.29. The van der Waals surface area contributed by atoms with E-state index in [0.29, 0.717) is 17.2 Å². The van der Waals surface area contributed by atoms with E-state index in [1.54, 1.807) is 12.1 Å². The van der Waals surface area contributed by atoms with Crippen molar-refractivity contribution in [2.45, 2.75) is 56.9 Å². The van der Waals surface area contributed by atoms with E-state index in [9.17, 15) is 18.0 Å². The number of rotatable bonds is 11. The molecule has 1 aliphatic rings. The highest BCUT2D eigenvalue weighted by molar-refractivity contribution is 7.89. The van der Waals surface area contributed by atoms with Gasteiger partial charge in [-0.15, -0.1) is 0 Å². The Hall–Kier alpha value is -2.71. The molecular formula is C23H29N3O4S. The van der Waals surface area contributed by atoms with Gasteiger partial charge in [-0.05, 0) is 55.0 Å².